The van der Waals surface area contributed by atoms with Crippen LogP contribution >= 0.6 is 0 Å². The van der Waals surface area contributed by atoms with Crippen molar-refractivity contribution in [3.05, 3.63) is 58.2 Å². The minimum atomic E-state index is -0.546. The Bertz CT molecular complexity index is 455. The largest absolute Gasteiger partial charge is 0.454 e. The van der Waals surface area contributed by atoms with E-state index in [1.807, 2.05) is 18.2 Å². The lowest BCUT2D eigenvalue weighted by atomic mass is 9.93. The molecule has 0 radical (unpaired) electrons. The zero-order valence-electron chi connectivity index (χ0n) is 8.98. The van der Waals surface area contributed by atoms with Gasteiger partial charge in [-0.25, -0.2) is 4.79 Å². The van der Waals surface area contributed by atoms with Gasteiger partial charge < -0.3 is 4.74 Å². The summed E-state index contributed by atoms with van der Waals surface area (Å²) in [4.78, 5) is 21.3. The maximum atomic E-state index is 11.0. The Morgan fingerprint density at radius 1 is 1.35 bits per heavy atom. The Morgan fingerprint density at radius 3 is 2.59 bits per heavy atom. The Kier molecular flexibility index (Phi) is 3.18. The summed E-state index contributed by atoms with van der Waals surface area (Å²) in [5.41, 5.74) is 0.800. The molecule has 1 aliphatic rings. The second-order valence-corrected chi connectivity index (χ2v) is 3.79. The van der Waals surface area contributed by atoms with E-state index in [1.54, 1.807) is 18.2 Å². The smallest absolute Gasteiger partial charge is 0.331 e. The van der Waals surface area contributed by atoms with Crippen LogP contribution in [0.1, 0.15) is 11.5 Å². The molecule has 0 spiro atoms. The highest BCUT2D eigenvalue weighted by Gasteiger charge is 2.31. The molecule has 0 aromatic heterocycles. The average Bonchev–Trinajstić information content (AvgIpc) is 2.73. The lowest BCUT2D eigenvalue weighted by molar-refractivity contribution is -0.484. The van der Waals surface area contributed by atoms with Gasteiger partial charge in [0.25, 0.3) is 0 Å². The number of hydrogen-bond acceptors (Lipinski definition) is 4. The molecular weight excluding hydrogens is 222 g/mol. The molecule has 0 saturated carbocycles. The first-order valence-corrected chi connectivity index (χ1v) is 5.22. The maximum Gasteiger partial charge on any atom is 0.331 e. The molecule has 0 N–H and O–H groups in total. The molecule has 0 fully saturated rings. The van der Waals surface area contributed by atoms with Crippen LogP contribution in [0.25, 0.3) is 0 Å². The summed E-state index contributed by atoms with van der Waals surface area (Å²) in [6.07, 6.45) is 2.33. The normalized spacial score (nSPS) is 20.0. The standard InChI is InChI=1S/C12H11NO4/c14-12-7-6-11(17-12)10(8-13(15)16)9-4-2-1-3-5-9/h1-7,10-11H,8H2/t10-,11+/m0/s1. The van der Waals surface area contributed by atoms with E-state index in [2.05, 4.69) is 0 Å². The number of carbonyl (C=O) groups excluding carboxylic acids is 1. The van der Waals surface area contributed by atoms with Crippen molar-refractivity contribution in [1.82, 2.24) is 0 Å². The molecule has 0 saturated heterocycles. The monoisotopic (exact) mass is 233 g/mol. The third-order valence-electron chi connectivity index (χ3n) is 2.64. The van der Waals surface area contributed by atoms with Crippen LogP contribution in [0, 0.1) is 10.1 Å². The minimum absolute atomic E-state index is 0.258. The van der Waals surface area contributed by atoms with Crippen molar-refractivity contribution >= 4 is 5.97 Å². The number of hydrogen-bond donors (Lipinski definition) is 0. The Labute approximate surface area is 97.9 Å². The predicted octanol–water partition coefficient (Wildman–Crippen LogP) is 1.53. The fourth-order valence-electron chi connectivity index (χ4n) is 1.86. The molecule has 0 unspecified atom stereocenters. The summed E-state index contributed by atoms with van der Waals surface area (Å²) >= 11 is 0. The maximum absolute atomic E-state index is 11.0. The van der Waals surface area contributed by atoms with Gasteiger partial charge in [-0.2, -0.15) is 0 Å². The number of ether oxygens (including phenoxy) is 1. The van der Waals surface area contributed by atoms with Gasteiger partial charge in [0.05, 0.1) is 5.92 Å². The Morgan fingerprint density at radius 2 is 2.06 bits per heavy atom. The Balaban J connectivity index is 2.23. The van der Waals surface area contributed by atoms with Crippen molar-refractivity contribution in [2.24, 2.45) is 0 Å². The van der Waals surface area contributed by atoms with E-state index in [1.165, 1.54) is 6.08 Å². The molecule has 88 valence electrons. The van der Waals surface area contributed by atoms with Crippen LogP contribution in [-0.4, -0.2) is 23.5 Å². The van der Waals surface area contributed by atoms with E-state index < -0.39 is 22.9 Å². The van der Waals surface area contributed by atoms with Crippen LogP contribution in [-0.2, 0) is 9.53 Å². The van der Waals surface area contributed by atoms with Crippen LogP contribution in [0.2, 0.25) is 0 Å². The summed E-state index contributed by atoms with van der Waals surface area (Å²) in [6.45, 7) is -0.258. The fraction of sp³-hybridized carbons (Fsp3) is 0.250. The first-order valence-electron chi connectivity index (χ1n) is 5.22. The second kappa shape index (κ2) is 4.78. The highest BCUT2D eigenvalue weighted by molar-refractivity contribution is 5.84. The van der Waals surface area contributed by atoms with Gasteiger partial charge in [-0.1, -0.05) is 30.3 Å². The van der Waals surface area contributed by atoms with Crippen LogP contribution in [0.4, 0.5) is 0 Å². The third-order valence-corrected chi connectivity index (χ3v) is 2.64. The van der Waals surface area contributed by atoms with Gasteiger partial charge in [0, 0.05) is 11.0 Å². The topological polar surface area (TPSA) is 69.4 Å². The fourth-order valence-corrected chi connectivity index (χ4v) is 1.86. The highest BCUT2D eigenvalue weighted by atomic mass is 16.6. The lowest BCUT2D eigenvalue weighted by Crippen LogP contribution is -2.25. The molecule has 2 atom stereocenters. The molecule has 0 aliphatic carbocycles. The van der Waals surface area contributed by atoms with E-state index in [4.69, 9.17) is 4.74 Å². The van der Waals surface area contributed by atoms with Crippen LogP contribution in [0.5, 0.6) is 0 Å². The van der Waals surface area contributed by atoms with E-state index in [0.29, 0.717) is 0 Å². The van der Waals surface area contributed by atoms with Gasteiger partial charge >= 0.3 is 5.97 Å². The molecule has 0 amide bonds. The Hall–Kier alpha value is -2.17. The number of nitrogens with zero attached hydrogens (tertiary/aromatic N) is 1. The number of carbonyl (C=O) groups is 1. The summed E-state index contributed by atoms with van der Waals surface area (Å²) in [5, 5.41) is 10.7. The van der Waals surface area contributed by atoms with Crippen LogP contribution < -0.4 is 0 Å². The predicted molar refractivity (Wildman–Crippen MR) is 60.1 cm³/mol. The van der Waals surface area contributed by atoms with Crippen molar-refractivity contribution in [2.45, 2.75) is 12.0 Å². The van der Waals surface area contributed by atoms with Gasteiger partial charge in [0.1, 0.15) is 6.10 Å². The van der Waals surface area contributed by atoms with E-state index in [-0.39, 0.29) is 6.54 Å². The van der Waals surface area contributed by atoms with Crippen LogP contribution in [0.3, 0.4) is 0 Å². The zero-order valence-corrected chi connectivity index (χ0v) is 8.98. The molecule has 0 bridgehead atoms. The van der Waals surface area contributed by atoms with E-state index in [0.717, 1.165) is 5.56 Å². The van der Waals surface area contributed by atoms with Gasteiger partial charge in [0.15, 0.2) is 0 Å². The first kappa shape index (κ1) is 11.3. The van der Waals surface area contributed by atoms with Gasteiger partial charge in [0.2, 0.25) is 6.54 Å². The van der Waals surface area contributed by atoms with Crippen molar-refractivity contribution in [3.63, 3.8) is 0 Å². The van der Waals surface area contributed by atoms with Gasteiger partial charge in [-0.3, -0.25) is 10.1 Å². The SMILES string of the molecule is O=C1C=C[C@H]([C@@H](C[N+](=O)[O-])c2ccccc2)O1. The second-order valence-electron chi connectivity index (χ2n) is 3.79. The molecule has 2 rings (SSSR count). The highest BCUT2D eigenvalue weighted by Crippen LogP contribution is 2.26. The summed E-state index contributed by atoms with van der Waals surface area (Å²) < 4.78 is 5.02. The number of esters is 1. The van der Waals surface area contributed by atoms with Crippen molar-refractivity contribution in [3.8, 4) is 0 Å². The summed E-state index contributed by atoms with van der Waals surface area (Å²) in [6, 6.07) is 9.05. The molecule has 5 nitrogen and oxygen atoms in total. The zero-order chi connectivity index (χ0) is 12.3. The van der Waals surface area contributed by atoms with Crippen molar-refractivity contribution in [2.75, 3.05) is 6.54 Å². The molecule has 5 heteroatoms. The third kappa shape index (κ3) is 2.69. The molecule has 1 aliphatic heterocycles. The molecule has 17 heavy (non-hydrogen) atoms. The first-order chi connectivity index (χ1) is 8.16. The number of nitro groups is 1. The summed E-state index contributed by atoms with van der Waals surface area (Å²) in [5.74, 6) is -0.881. The lowest BCUT2D eigenvalue weighted by Gasteiger charge is -2.18. The quantitative estimate of drug-likeness (QED) is 0.449. The van der Waals surface area contributed by atoms with Crippen LogP contribution in [0.15, 0.2) is 42.5 Å². The molecule has 1 aromatic rings. The van der Waals surface area contributed by atoms with E-state index >= 15 is 0 Å². The molecular formula is C12H11NO4. The number of rotatable bonds is 4. The molecule has 1 heterocycles. The van der Waals surface area contributed by atoms with E-state index in [9.17, 15) is 14.9 Å². The minimum Gasteiger partial charge on any atom is -0.454 e. The van der Waals surface area contributed by atoms with Crippen molar-refractivity contribution < 1.29 is 14.5 Å². The molecule has 1 aromatic carbocycles. The van der Waals surface area contributed by atoms with Gasteiger partial charge in [-0.15, -0.1) is 0 Å². The van der Waals surface area contributed by atoms with Gasteiger partial charge in [-0.05, 0) is 11.6 Å². The number of benzene rings is 1. The van der Waals surface area contributed by atoms with Crippen molar-refractivity contribution in [1.29, 1.82) is 0 Å². The summed E-state index contributed by atoms with van der Waals surface area (Å²) in [7, 11) is 0. The average molecular weight is 233 g/mol. The number of cyclic esters (lactones) is 1.